The van der Waals surface area contributed by atoms with Crippen molar-refractivity contribution in [3.05, 3.63) is 40.1 Å². The van der Waals surface area contributed by atoms with E-state index in [2.05, 4.69) is 15.1 Å². The van der Waals surface area contributed by atoms with E-state index in [0.29, 0.717) is 67.3 Å². The van der Waals surface area contributed by atoms with E-state index in [1.54, 1.807) is 17.5 Å². The number of hydrogen-bond donors (Lipinski definition) is 2. The van der Waals surface area contributed by atoms with Crippen molar-refractivity contribution in [1.29, 1.82) is 0 Å². The van der Waals surface area contributed by atoms with Gasteiger partial charge >= 0.3 is 0 Å². The van der Waals surface area contributed by atoms with Crippen molar-refractivity contribution in [2.24, 2.45) is 5.92 Å². The molecule has 3 aromatic rings. The summed E-state index contributed by atoms with van der Waals surface area (Å²) in [6.07, 6.45) is 3.50. The zero-order chi connectivity index (χ0) is 25.2. The topological polar surface area (TPSA) is 130 Å². The Labute approximate surface area is 205 Å². The van der Waals surface area contributed by atoms with Crippen LogP contribution < -0.4 is 10.3 Å². The molecular formula is C24H33N5O5S. The number of sulfonamides is 1. The van der Waals surface area contributed by atoms with Crippen LogP contribution in [0.1, 0.15) is 51.0 Å². The highest BCUT2D eigenvalue weighted by atomic mass is 32.2. The summed E-state index contributed by atoms with van der Waals surface area (Å²) in [6, 6.07) is 4.67. The Balaban J connectivity index is 1.82. The molecule has 0 radical (unpaired) electrons. The molecule has 0 spiro atoms. The maximum Gasteiger partial charge on any atom is 0.277 e. The average molecular weight is 504 g/mol. The van der Waals surface area contributed by atoms with E-state index in [1.165, 1.54) is 16.4 Å². The Kier molecular flexibility index (Phi) is 7.58. The predicted octanol–water partition coefficient (Wildman–Crippen LogP) is 2.53. The van der Waals surface area contributed by atoms with Gasteiger partial charge in [-0.05, 0) is 56.7 Å². The standard InChI is InChI=1S/C24H33N5O5S/c1-4-6-21-25-16(3)22-24(31)26-23(27-29(21)22)19-14-18(7-8-20(19)34-13-5-2)35(32,33)28-11-9-17(15-30)10-12-28/h7-8,14,17,30H,4-6,9-13,15H2,1-3H3,(H,26,27,31). The number of nitrogens with zero attached hydrogens (tertiary/aromatic N) is 4. The Bertz CT molecular complexity index is 1360. The number of aliphatic hydroxyl groups is 1. The van der Waals surface area contributed by atoms with Crippen LogP contribution in [0.3, 0.4) is 0 Å². The number of H-pyrrole nitrogens is 1. The van der Waals surface area contributed by atoms with Crippen LogP contribution in [0.15, 0.2) is 27.9 Å². The molecule has 0 aliphatic carbocycles. The molecule has 0 atom stereocenters. The van der Waals surface area contributed by atoms with Gasteiger partial charge in [0.2, 0.25) is 10.0 Å². The minimum Gasteiger partial charge on any atom is -0.493 e. The molecule has 2 aromatic heterocycles. The van der Waals surface area contributed by atoms with Crippen LogP contribution in [-0.4, -0.2) is 63.7 Å². The molecule has 11 heteroatoms. The Morgan fingerprint density at radius 1 is 1.20 bits per heavy atom. The summed E-state index contributed by atoms with van der Waals surface area (Å²) in [5.74, 6) is 1.47. The van der Waals surface area contributed by atoms with Gasteiger partial charge in [-0.1, -0.05) is 13.8 Å². The smallest absolute Gasteiger partial charge is 0.277 e. The molecule has 0 saturated carbocycles. The molecule has 10 nitrogen and oxygen atoms in total. The van der Waals surface area contributed by atoms with Crippen LogP contribution in [0.4, 0.5) is 0 Å². The lowest BCUT2D eigenvalue weighted by atomic mass is 10.00. The summed E-state index contributed by atoms with van der Waals surface area (Å²) in [6.45, 7) is 6.99. The van der Waals surface area contributed by atoms with Crippen LogP contribution >= 0.6 is 0 Å². The Morgan fingerprint density at radius 3 is 2.60 bits per heavy atom. The fourth-order valence-electron chi connectivity index (χ4n) is 4.42. The first-order valence-electron chi connectivity index (χ1n) is 12.2. The predicted molar refractivity (Wildman–Crippen MR) is 132 cm³/mol. The van der Waals surface area contributed by atoms with Crippen LogP contribution in [0.5, 0.6) is 5.75 Å². The number of aromatic nitrogens is 4. The zero-order valence-corrected chi connectivity index (χ0v) is 21.3. The number of imidazole rings is 1. The number of aromatic amines is 1. The molecule has 0 unspecified atom stereocenters. The van der Waals surface area contributed by atoms with Crippen molar-refractivity contribution in [3.8, 4) is 17.1 Å². The molecule has 1 saturated heterocycles. The molecule has 1 aliphatic heterocycles. The number of rotatable bonds is 9. The molecule has 2 N–H and O–H groups in total. The van der Waals surface area contributed by atoms with Gasteiger partial charge < -0.3 is 14.8 Å². The highest BCUT2D eigenvalue weighted by molar-refractivity contribution is 7.89. The van der Waals surface area contributed by atoms with Gasteiger partial charge in [-0.3, -0.25) is 4.79 Å². The Hall–Kier alpha value is -2.76. The summed E-state index contributed by atoms with van der Waals surface area (Å²) in [5, 5.41) is 14.0. The third-order valence-electron chi connectivity index (χ3n) is 6.35. The van der Waals surface area contributed by atoms with E-state index in [1.807, 2.05) is 13.8 Å². The van der Waals surface area contributed by atoms with Crippen molar-refractivity contribution in [1.82, 2.24) is 23.9 Å². The molecule has 1 aromatic carbocycles. The lowest BCUT2D eigenvalue weighted by Crippen LogP contribution is -2.39. The van der Waals surface area contributed by atoms with Gasteiger partial charge in [0.1, 0.15) is 11.6 Å². The first-order valence-corrected chi connectivity index (χ1v) is 13.6. The van der Waals surface area contributed by atoms with Gasteiger partial charge in [-0.15, -0.1) is 5.10 Å². The van der Waals surface area contributed by atoms with E-state index in [0.717, 1.165) is 12.8 Å². The highest BCUT2D eigenvalue weighted by Crippen LogP contribution is 2.32. The second kappa shape index (κ2) is 10.5. The zero-order valence-electron chi connectivity index (χ0n) is 20.5. The van der Waals surface area contributed by atoms with E-state index in [4.69, 9.17) is 4.74 Å². The SMILES string of the molecule is CCCOc1ccc(S(=O)(=O)N2CCC(CO)CC2)cc1-c1nn2c(CCC)nc(C)c2c(=O)[nH]1. The lowest BCUT2D eigenvalue weighted by Gasteiger charge is -2.30. The number of benzene rings is 1. The quantitative estimate of drug-likeness (QED) is 0.459. The maximum absolute atomic E-state index is 13.4. The van der Waals surface area contributed by atoms with Crippen LogP contribution in [-0.2, 0) is 16.4 Å². The van der Waals surface area contributed by atoms with Crippen molar-refractivity contribution >= 4 is 15.5 Å². The van der Waals surface area contributed by atoms with Gasteiger partial charge in [0.15, 0.2) is 11.3 Å². The minimum absolute atomic E-state index is 0.0662. The van der Waals surface area contributed by atoms with Gasteiger partial charge in [-0.2, -0.15) is 4.31 Å². The van der Waals surface area contributed by atoms with Crippen molar-refractivity contribution in [2.75, 3.05) is 26.3 Å². The van der Waals surface area contributed by atoms with Crippen LogP contribution in [0, 0.1) is 12.8 Å². The third kappa shape index (κ3) is 4.98. The average Bonchev–Trinajstić information content (AvgIpc) is 3.18. The van der Waals surface area contributed by atoms with Gasteiger partial charge in [0, 0.05) is 26.1 Å². The van der Waals surface area contributed by atoms with E-state index < -0.39 is 10.0 Å². The van der Waals surface area contributed by atoms with E-state index in [-0.39, 0.29) is 28.8 Å². The second-order valence-corrected chi connectivity index (χ2v) is 10.9. The van der Waals surface area contributed by atoms with Crippen molar-refractivity contribution in [2.45, 2.75) is 57.8 Å². The van der Waals surface area contributed by atoms with Crippen LogP contribution in [0.2, 0.25) is 0 Å². The number of fused-ring (bicyclic) bond motifs is 1. The summed E-state index contributed by atoms with van der Waals surface area (Å²) >= 11 is 0. The monoisotopic (exact) mass is 503 g/mol. The summed E-state index contributed by atoms with van der Waals surface area (Å²) < 4.78 is 35.8. The fraction of sp³-hybridized carbons (Fsp3) is 0.542. The summed E-state index contributed by atoms with van der Waals surface area (Å²) in [4.78, 5) is 20.4. The number of nitrogens with one attached hydrogen (secondary N) is 1. The van der Waals surface area contributed by atoms with Crippen LogP contribution in [0.25, 0.3) is 16.9 Å². The van der Waals surface area contributed by atoms with E-state index >= 15 is 0 Å². The number of hydrogen-bond acceptors (Lipinski definition) is 7. The molecule has 0 bridgehead atoms. The highest BCUT2D eigenvalue weighted by Gasteiger charge is 2.30. The molecule has 3 heterocycles. The molecule has 1 aliphatic rings. The number of ether oxygens (including phenoxy) is 1. The van der Waals surface area contributed by atoms with E-state index in [9.17, 15) is 18.3 Å². The van der Waals surface area contributed by atoms with Crippen molar-refractivity contribution < 1.29 is 18.3 Å². The van der Waals surface area contributed by atoms with Gasteiger partial charge in [-0.25, -0.2) is 17.9 Å². The van der Waals surface area contributed by atoms with Crippen molar-refractivity contribution in [3.63, 3.8) is 0 Å². The fourth-order valence-corrected chi connectivity index (χ4v) is 5.91. The maximum atomic E-state index is 13.4. The van der Waals surface area contributed by atoms with Gasteiger partial charge in [0.05, 0.1) is 22.8 Å². The third-order valence-corrected chi connectivity index (χ3v) is 8.25. The second-order valence-electron chi connectivity index (χ2n) is 8.96. The molecule has 4 rings (SSSR count). The molecule has 190 valence electrons. The largest absolute Gasteiger partial charge is 0.493 e. The number of aryl methyl sites for hydroxylation is 2. The summed E-state index contributed by atoms with van der Waals surface area (Å²) in [5.41, 5.74) is 1.03. The number of piperidine rings is 1. The molecular weight excluding hydrogens is 470 g/mol. The molecule has 0 amide bonds. The minimum atomic E-state index is -3.77. The first kappa shape index (κ1) is 25.3. The normalized spacial score (nSPS) is 15.7. The molecule has 35 heavy (non-hydrogen) atoms. The summed E-state index contributed by atoms with van der Waals surface area (Å²) in [7, 11) is -3.77. The van der Waals surface area contributed by atoms with Gasteiger partial charge in [0.25, 0.3) is 5.56 Å². The molecule has 1 fully saturated rings. The Morgan fingerprint density at radius 2 is 1.94 bits per heavy atom. The first-order chi connectivity index (χ1) is 16.8. The lowest BCUT2D eigenvalue weighted by molar-refractivity contribution is 0.170. The number of aliphatic hydroxyl groups excluding tert-OH is 1.